The lowest BCUT2D eigenvalue weighted by atomic mass is 10.2. The largest absolute Gasteiger partial charge is 0.0895 e. The molecule has 0 aromatic heterocycles. The number of halogens is 1. The maximum absolute atomic E-state index is 6.11. The van der Waals surface area contributed by atoms with Crippen LogP contribution in [0.2, 0.25) is 19.1 Å². The van der Waals surface area contributed by atoms with Gasteiger partial charge < -0.3 is 0 Å². The predicted octanol–water partition coefficient (Wildman–Crippen LogP) is 3.75. The third kappa shape index (κ3) is 4.30. The fourth-order valence-electron chi connectivity index (χ4n) is 1.18. The molecule has 0 spiro atoms. The summed E-state index contributed by atoms with van der Waals surface area (Å²) < 4.78 is 0. The quantitative estimate of drug-likeness (QED) is 0.667. The first kappa shape index (κ1) is 10.5. The van der Waals surface area contributed by atoms with Crippen molar-refractivity contribution in [2.45, 2.75) is 19.1 Å². The molecule has 0 atom stereocenters. The molecule has 1 aromatic rings. The molecule has 70 valence electrons. The maximum Gasteiger partial charge on any atom is 0.0364 e. The lowest BCUT2D eigenvalue weighted by Gasteiger charge is -2.01. The number of allylic oxidation sites excluding steroid dienone is 1. The highest BCUT2D eigenvalue weighted by molar-refractivity contribution is 6.58. The predicted molar refractivity (Wildman–Crippen MR) is 64.0 cm³/mol. The number of rotatable bonds is 3. The van der Waals surface area contributed by atoms with E-state index in [4.69, 9.17) is 11.6 Å². The summed E-state index contributed by atoms with van der Waals surface area (Å²) in [5.41, 5.74) is 1.20. The average Bonchev–Trinajstić information content (AvgIpc) is 2.04. The lowest BCUT2D eigenvalue weighted by Crippen LogP contribution is -1.97. The van der Waals surface area contributed by atoms with E-state index in [-0.39, 0.29) is 0 Å². The van der Waals surface area contributed by atoms with Crippen LogP contribution in [0.25, 0.3) is 6.08 Å². The Labute approximate surface area is 86.8 Å². The van der Waals surface area contributed by atoms with Crippen molar-refractivity contribution in [1.82, 2.24) is 0 Å². The number of hydrogen-bond acceptors (Lipinski definition) is 0. The van der Waals surface area contributed by atoms with E-state index in [9.17, 15) is 0 Å². The van der Waals surface area contributed by atoms with Crippen LogP contribution < -0.4 is 0 Å². The Balaban J connectivity index is 2.66. The molecule has 0 radical (unpaired) electrons. The van der Waals surface area contributed by atoms with E-state index >= 15 is 0 Å². The second-order valence-electron chi connectivity index (χ2n) is 3.60. The van der Waals surface area contributed by atoms with E-state index in [1.54, 1.807) is 0 Å². The van der Waals surface area contributed by atoms with Gasteiger partial charge in [0.2, 0.25) is 0 Å². The van der Waals surface area contributed by atoms with E-state index in [1.807, 2.05) is 18.2 Å². The smallest absolute Gasteiger partial charge is 0.0364 e. The monoisotopic (exact) mass is 210 g/mol. The second kappa shape index (κ2) is 5.25. The Bertz CT molecular complexity index is 277. The zero-order valence-corrected chi connectivity index (χ0v) is 10.0. The zero-order chi connectivity index (χ0) is 9.68. The van der Waals surface area contributed by atoms with Gasteiger partial charge in [-0.25, -0.2) is 0 Å². The van der Waals surface area contributed by atoms with Crippen molar-refractivity contribution in [2.24, 2.45) is 0 Å². The van der Waals surface area contributed by atoms with Crippen LogP contribution in [-0.4, -0.2) is 8.80 Å². The lowest BCUT2D eigenvalue weighted by molar-refractivity contribution is 1.56. The van der Waals surface area contributed by atoms with Gasteiger partial charge in [-0.3, -0.25) is 0 Å². The first-order chi connectivity index (χ1) is 6.18. The first-order valence-corrected chi connectivity index (χ1v) is 8.10. The molecule has 0 fully saturated rings. The highest BCUT2D eigenvalue weighted by atomic mass is 35.5. The van der Waals surface area contributed by atoms with Gasteiger partial charge in [0, 0.05) is 13.8 Å². The third-order valence-electron chi connectivity index (χ3n) is 1.73. The molecule has 2 heteroatoms. The molecular weight excluding hydrogens is 196 g/mol. The molecule has 13 heavy (non-hydrogen) atoms. The van der Waals surface area contributed by atoms with Gasteiger partial charge in [0.1, 0.15) is 0 Å². The highest BCUT2D eigenvalue weighted by Crippen LogP contribution is 2.15. The van der Waals surface area contributed by atoms with Crippen LogP contribution in [0.15, 0.2) is 35.4 Å². The molecule has 0 N–H and O–H groups in total. The van der Waals surface area contributed by atoms with E-state index in [1.165, 1.54) is 5.56 Å². The first-order valence-electron chi connectivity index (χ1n) is 4.59. The summed E-state index contributed by atoms with van der Waals surface area (Å²) in [7, 11) is -0.570. The molecule has 0 amide bonds. The summed E-state index contributed by atoms with van der Waals surface area (Å²) in [6, 6.07) is 11.3. The van der Waals surface area contributed by atoms with Gasteiger partial charge in [0.25, 0.3) is 0 Å². The van der Waals surface area contributed by atoms with Crippen molar-refractivity contribution in [3.8, 4) is 0 Å². The fraction of sp³-hybridized carbons (Fsp3) is 0.273. The van der Waals surface area contributed by atoms with Gasteiger partial charge in [-0.2, -0.15) is 0 Å². The summed E-state index contributed by atoms with van der Waals surface area (Å²) in [6.45, 7) is 4.61. The topological polar surface area (TPSA) is 0 Å². The highest BCUT2D eigenvalue weighted by Gasteiger charge is 1.98. The number of benzene rings is 1. The second-order valence-corrected chi connectivity index (χ2v) is 7.28. The maximum atomic E-state index is 6.11. The number of hydrogen-bond donors (Lipinski definition) is 0. The Morgan fingerprint density at radius 3 is 2.46 bits per heavy atom. The molecule has 0 heterocycles. The SMILES string of the molecule is C[SiH](C)CC(Cl)=Cc1ccccc1. The van der Waals surface area contributed by atoms with E-state index in [0.29, 0.717) is 0 Å². The van der Waals surface area contributed by atoms with Crippen LogP contribution in [0, 0.1) is 0 Å². The third-order valence-corrected chi connectivity index (χ3v) is 3.50. The molecule has 1 rings (SSSR count). The summed E-state index contributed by atoms with van der Waals surface area (Å²) >= 11 is 6.11. The Morgan fingerprint density at radius 1 is 1.31 bits per heavy atom. The van der Waals surface area contributed by atoms with Gasteiger partial charge in [-0.1, -0.05) is 55.0 Å². The van der Waals surface area contributed by atoms with Crippen LogP contribution in [-0.2, 0) is 0 Å². The van der Waals surface area contributed by atoms with Crippen molar-refractivity contribution in [1.29, 1.82) is 0 Å². The van der Waals surface area contributed by atoms with E-state index in [0.717, 1.165) is 11.1 Å². The summed E-state index contributed by atoms with van der Waals surface area (Å²) in [5, 5.41) is 0.993. The molecule has 0 saturated carbocycles. The van der Waals surface area contributed by atoms with E-state index < -0.39 is 8.80 Å². The van der Waals surface area contributed by atoms with Crippen LogP contribution in [0.3, 0.4) is 0 Å². The van der Waals surface area contributed by atoms with Crippen molar-refractivity contribution in [3.05, 3.63) is 40.9 Å². The molecule has 0 aliphatic heterocycles. The van der Waals surface area contributed by atoms with Crippen LogP contribution in [0.4, 0.5) is 0 Å². The minimum Gasteiger partial charge on any atom is -0.0895 e. The van der Waals surface area contributed by atoms with Crippen LogP contribution in [0.5, 0.6) is 0 Å². The van der Waals surface area contributed by atoms with Crippen molar-refractivity contribution < 1.29 is 0 Å². The normalized spacial score (nSPS) is 12.2. The van der Waals surface area contributed by atoms with Crippen LogP contribution >= 0.6 is 11.6 Å². The molecule has 0 saturated heterocycles. The van der Waals surface area contributed by atoms with Crippen molar-refractivity contribution in [2.75, 3.05) is 0 Å². The standard InChI is InChI=1S/C11H15ClSi/c1-13(2)9-11(12)8-10-6-4-3-5-7-10/h3-8,13H,9H2,1-2H3. The molecule has 0 unspecified atom stereocenters. The minimum atomic E-state index is -0.570. The summed E-state index contributed by atoms with van der Waals surface area (Å²) in [6.07, 6.45) is 2.06. The molecule has 0 bridgehead atoms. The Morgan fingerprint density at radius 2 is 1.92 bits per heavy atom. The minimum absolute atomic E-state index is 0.570. The molecule has 0 nitrogen and oxygen atoms in total. The zero-order valence-electron chi connectivity index (χ0n) is 8.13. The van der Waals surface area contributed by atoms with Gasteiger partial charge in [-0.15, -0.1) is 0 Å². The molecule has 0 aliphatic rings. The van der Waals surface area contributed by atoms with Gasteiger partial charge in [-0.05, 0) is 17.7 Å². The molecular formula is C11H15ClSi. The van der Waals surface area contributed by atoms with Crippen LogP contribution in [0.1, 0.15) is 5.56 Å². The molecule has 0 aliphatic carbocycles. The molecule has 1 aromatic carbocycles. The van der Waals surface area contributed by atoms with Crippen molar-refractivity contribution >= 4 is 26.5 Å². The van der Waals surface area contributed by atoms with E-state index in [2.05, 4.69) is 31.3 Å². The van der Waals surface area contributed by atoms with Gasteiger partial charge >= 0.3 is 0 Å². The van der Waals surface area contributed by atoms with Gasteiger partial charge in [0.05, 0.1) is 0 Å². The fourth-order valence-corrected chi connectivity index (χ4v) is 3.13. The Kier molecular flexibility index (Phi) is 4.26. The van der Waals surface area contributed by atoms with Crippen molar-refractivity contribution in [3.63, 3.8) is 0 Å². The summed E-state index contributed by atoms with van der Waals surface area (Å²) in [5.74, 6) is 0. The summed E-state index contributed by atoms with van der Waals surface area (Å²) in [4.78, 5) is 0. The average molecular weight is 211 g/mol. The Hall–Kier alpha value is -0.533. The van der Waals surface area contributed by atoms with Gasteiger partial charge in [0.15, 0.2) is 0 Å².